The zero-order valence-corrected chi connectivity index (χ0v) is 34.6. The van der Waals surface area contributed by atoms with Gasteiger partial charge in [-0.3, -0.25) is 19.3 Å². The molecule has 53 heavy (non-hydrogen) atoms. The zero-order valence-electron chi connectivity index (χ0n) is 32.9. The molecule has 0 bridgehead atoms. The van der Waals surface area contributed by atoms with Crippen LogP contribution >= 0.6 is 11.6 Å². The molecule has 0 radical (unpaired) electrons. The summed E-state index contributed by atoms with van der Waals surface area (Å²) in [4.78, 5) is 43.9. The van der Waals surface area contributed by atoms with Crippen LogP contribution in [0.3, 0.4) is 0 Å². The fraction of sp³-hybridized carbons (Fsp3) is 0.634. The smallest absolute Gasteiger partial charge is 0.323 e. The first-order valence-electron chi connectivity index (χ1n) is 19.2. The molecule has 292 valence electrons. The molecule has 2 aromatic carbocycles. The number of aryl methyl sites for hydroxylation is 1. The highest BCUT2D eigenvalue weighted by Gasteiger charge is 2.51. The predicted molar refractivity (Wildman–Crippen MR) is 206 cm³/mol. The van der Waals surface area contributed by atoms with Gasteiger partial charge in [-0.25, -0.2) is 8.78 Å². The Morgan fingerprint density at radius 1 is 1.04 bits per heavy atom. The number of nitrogens with zero attached hydrogens (tertiary/aromatic N) is 2. The van der Waals surface area contributed by atoms with Crippen molar-refractivity contribution in [3.05, 3.63) is 69.2 Å². The van der Waals surface area contributed by atoms with Crippen molar-refractivity contribution in [3.63, 3.8) is 0 Å². The van der Waals surface area contributed by atoms with E-state index in [1.165, 1.54) is 26.2 Å². The van der Waals surface area contributed by atoms with E-state index in [1.54, 1.807) is 0 Å². The molecule has 8 nitrogen and oxygen atoms in total. The number of halogens is 3. The van der Waals surface area contributed by atoms with E-state index in [-0.39, 0.29) is 46.9 Å². The topological polar surface area (TPSA) is 88.2 Å². The molecule has 5 rings (SSSR count). The first-order valence-corrected chi connectivity index (χ1v) is 22.5. The zero-order chi connectivity index (χ0) is 39.0. The maximum atomic E-state index is 15.5. The second-order valence-electron chi connectivity index (χ2n) is 17.0. The van der Waals surface area contributed by atoms with Crippen LogP contribution in [0.1, 0.15) is 113 Å². The number of carbonyl (C=O) groups excluding carboxylic acids is 3. The van der Waals surface area contributed by atoms with Gasteiger partial charge in [-0.2, -0.15) is 0 Å². The minimum Gasteiger partial charge on any atom is -0.468 e. The highest BCUT2D eigenvalue weighted by atomic mass is 35.5. The average Bonchev–Trinajstić information content (AvgIpc) is 3.71. The van der Waals surface area contributed by atoms with Crippen molar-refractivity contribution < 1.29 is 32.3 Å². The lowest BCUT2D eigenvalue weighted by atomic mass is 9.82. The molecular weight excluding hydrogens is 716 g/mol. The lowest BCUT2D eigenvalue weighted by Gasteiger charge is -2.38. The van der Waals surface area contributed by atoms with Gasteiger partial charge in [-0.15, -0.1) is 0 Å². The van der Waals surface area contributed by atoms with Gasteiger partial charge in [0.25, 0.3) is 0 Å². The van der Waals surface area contributed by atoms with Gasteiger partial charge in [0.15, 0.2) is 8.32 Å². The van der Waals surface area contributed by atoms with Gasteiger partial charge in [0.05, 0.1) is 19.3 Å². The van der Waals surface area contributed by atoms with E-state index in [0.717, 1.165) is 29.2 Å². The standard InChI is InChI=1S/C41H58ClF2N3O5Si/c1-10-37(45-25(3)48)33-17-24(2)35(42)22-31(33)26-13-15-46(16-14-26)39(49)34-20-28(19-32(34)30-12-11-27(43)18-36(30)44)47-23-29(21-38(47)40(50)51-7)52-53(8,9)41(4,5)6/h11-12,17-18,22,26,28-29,32,34,37-38H,10,13-16,19-21,23H2,1-9H3,(H,45,48)/t28?,29-,32+,34-,37+,38-/m1/s1. The van der Waals surface area contributed by atoms with Crippen molar-refractivity contribution in [2.24, 2.45) is 5.92 Å². The molecule has 2 aromatic rings. The average molecular weight is 774 g/mol. The Kier molecular flexibility index (Phi) is 12.8. The van der Waals surface area contributed by atoms with E-state index in [0.29, 0.717) is 62.3 Å². The Bertz CT molecular complexity index is 1680. The van der Waals surface area contributed by atoms with Crippen LogP contribution in [-0.4, -0.2) is 80.8 Å². The maximum Gasteiger partial charge on any atom is 0.323 e. The molecule has 2 saturated heterocycles. The third-order valence-electron chi connectivity index (χ3n) is 12.5. The lowest BCUT2D eigenvalue weighted by molar-refractivity contribution is -0.146. The molecular formula is C41H58ClF2N3O5Si. The normalized spacial score (nSPS) is 25.1. The lowest BCUT2D eigenvalue weighted by Crippen LogP contribution is -2.45. The highest BCUT2D eigenvalue weighted by Crippen LogP contribution is 2.47. The van der Waals surface area contributed by atoms with Crippen LogP contribution in [-0.2, 0) is 23.5 Å². The molecule has 2 heterocycles. The minimum absolute atomic E-state index is 0.0128. The third kappa shape index (κ3) is 9.00. The number of benzene rings is 2. The number of piperidine rings is 1. The number of ether oxygens (including phenoxy) is 1. The predicted octanol–water partition coefficient (Wildman–Crippen LogP) is 8.42. The molecule has 3 aliphatic rings. The Balaban J connectivity index is 1.39. The number of hydrogen-bond donors (Lipinski definition) is 1. The van der Waals surface area contributed by atoms with Crippen molar-refractivity contribution in [1.29, 1.82) is 0 Å². The number of likely N-dealkylation sites (tertiary alicyclic amines) is 2. The molecule has 0 spiro atoms. The molecule has 1 saturated carbocycles. The molecule has 1 N–H and O–H groups in total. The summed E-state index contributed by atoms with van der Waals surface area (Å²) < 4.78 is 41.7. The summed E-state index contributed by atoms with van der Waals surface area (Å²) in [5.41, 5.74) is 3.42. The van der Waals surface area contributed by atoms with E-state index in [2.05, 4.69) is 50.1 Å². The number of amides is 2. The minimum atomic E-state index is -2.15. The van der Waals surface area contributed by atoms with Gasteiger partial charge in [0, 0.05) is 49.6 Å². The fourth-order valence-corrected chi connectivity index (χ4v) is 10.2. The molecule has 2 aliphatic heterocycles. The SMILES string of the molecule is CC[C@H](NC(C)=O)c1cc(C)c(Cl)cc1C1CCN(C(=O)[C@@H]2CC(N3C[C@H](O[Si](C)(C)C(C)(C)C)C[C@@H]3C(=O)OC)C[C@H]2c2ccc(F)cc2F)CC1. The van der Waals surface area contributed by atoms with Crippen LogP contribution in [0.15, 0.2) is 30.3 Å². The highest BCUT2D eigenvalue weighted by molar-refractivity contribution is 6.74. The summed E-state index contributed by atoms with van der Waals surface area (Å²) in [5.74, 6) is -2.71. The second-order valence-corrected chi connectivity index (χ2v) is 22.1. The van der Waals surface area contributed by atoms with Gasteiger partial charge < -0.3 is 19.4 Å². The third-order valence-corrected chi connectivity index (χ3v) is 17.4. The van der Waals surface area contributed by atoms with Crippen LogP contribution in [0.4, 0.5) is 8.78 Å². The largest absolute Gasteiger partial charge is 0.468 e. The van der Waals surface area contributed by atoms with Crippen molar-refractivity contribution in [1.82, 2.24) is 15.1 Å². The molecule has 3 fully saturated rings. The number of methoxy groups -OCH3 is 1. The van der Waals surface area contributed by atoms with Crippen molar-refractivity contribution in [2.45, 2.75) is 134 Å². The van der Waals surface area contributed by atoms with Crippen LogP contribution in [0.2, 0.25) is 23.2 Å². The van der Waals surface area contributed by atoms with E-state index in [4.69, 9.17) is 20.8 Å². The number of esters is 1. The van der Waals surface area contributed by atoms with Gasteiger partial charge in [0.1, 0.15) is 17.7 Å². The summed E-state index contributed by atoms with van der Waals surface area (Å²) in [6, 6.07) is 6.81. The van der Waals surface area contributed by atoms with Gasteiger partial charge in [-0.05, 0) is 110 Å². The molecule has 6 atom stereocenters. The fourth-order valence-electron chi connectivity index (χ4n) is 8.64. The number of carbonyl (C=O) groups is 3. The van der Waals surface area contributed by atoms with Crippen LogP contribution in [0, 0.1) is 24.5 Å². The summed E-state index contributed by atoms with van der Waals surface area (Å²) in [6.45, 7) is 18.0. The summed E-state index contributed by atoms with van der Waals surface area (Å²) >= 11 is 6.64. The number of hydrogen-bond acceptors (Lipinski definition) is 6. The van der Waals surface area contributed by atoms with Crippen molar-refractivity contribution in [2.75, 3.05) is 26.7 Å². The number of rotatable bonds is 10. The number of nitrogens with one attached hydrogen (secondary N) is 1. The summed E-state index contributed by atoms with van der Waals surface area (Å²) in [6.07, 6.45) is 3.35. The van der Waals surface area contributed by atoms with Crippen LogP contribution in [0.5, 0.6) is 0 Å². The van der Waals surface area contributed by atoms with E-state index >= 15 is 4.39 Å². The molecule has 2 amide bonds. The first-order chi connectivity index (χ1) is 24.8. The van der Waals surface area contributed by atoms with Gasteiger partial charge >= 0.3 is 5.97 Å². The quantitative estimate of drug-likeness (QED) is 0.193. The molecule has 0 aromatic heterocycles. The molecule has 1 aliphatic carbocycles. The second kappa shape index (κ2) is 16.5. The van der Waals surface area contributed by atoms with E-state index in [9.17, 15) is 18.8 Å². The maximum absolute atomic E-state index is 15.5. The Labute approximate surface area is 320 Å². The van der Waals surface area contributed by atoms with E-state index in [1.807, 2.05) is 24.8 Å². The molecule has 12 heteroatoms. The first kappa shape index (κ1) is 41.3. The summed E-state index contributed by atoms with van der Waals surface area (Å²) in [5, 5.41) is 3.74. The Morgan fingerprint density at radius 2 is 1.72 bits per heavy atom. The Morgan fingerprint density at radius 3 is 2.30 bits per heavy atom. The molecule has 1 unspecified atom stereocenters. The van der Waals surface area contributed by atoms with Crippen LogP contribution < -0.4 is 5.32 Å². The van der Waals surface area contributed by atoms with Crippen molar-refractivity contribution in [3.8, 4) is 0 Å². The van der Waals surface area contributed by atoms with E-state index < -0.39 is 37.8 Å². The monoisotopic (exact) mass is 773 g/mol. The van der Waals surface area contributed by atoms with Crippen LogP contribution in [0.25, 0.3) is 0 Å². The van der Waals surface area contributed by atoms with Gasteiger partial charge in [-0.1, -0.05) is 51.4 Å². The summed E-state index contributed by atoms with van der Waals surface area (Å²) in [7, 11) is -0.765. The Hall–Kier alpha value is -2.86. The van der Waals surface area contributed by atoms with Crippen molar-refractivity contribution >= 4 is 37.7 Å². The van der Waals surface area contributed by atoms with Gasteiger partial charge in [0.2, 0.25) is 11.8 Å².